The smallest absolute Gasteiger partial charge is 0.336 e. The molecule has 7 nitrogen and oxygen atoms in total. The lowest BCUT2D eigenvalue weighted by atomic mass is 9.57. The third kappa shape index (κ3) is 2.90. The van der Waals surface area contributed by atoms with E-state index < -0.39 is 17.1 Å². The van der Waals surface area contributed by atoms with Crippen molar-refractivity contribution < 1.29 is 33.7 Å². The number of aliphatic hydroxyl groups is 1. The van der Waals surface area contributed by atoms with Gasteiger partial charge in [0, 0.05) is 13.3 Å². The van der Waals surface area contributed by atoms with Gasteiger partial charge in [-0.1, -0.05) is 25.8 Å². The number of cyclic esters (lactones) is 1. The number of rotatable bonds is 4. The molecule has 0 aromatic heterocycles. The van der Waals surface area contributed by atoms with Crippen molar-refractivity contribution in [2.24, 2.45) is 46.3 Å². The minimum atomic E-state index is -0.660. The van der Waals surface area contributed by atoms with Gasteiger partial charge in [0.2, 0.25) is 0 Å². The largest absolute Gasteiger partial charge is 0.458 e. The van der Waals surface area contributed by atoms with Gasteiger partial charge in [-0.15, -0.1) is 0 Å². The summed E-state index contributed by atoms with van der Waals surface area (Å²) in [5.41, 5.74) is 0.270. The third-order valence-corrected chi connectivity index (χ3v) is 12.5. The topological polar surface area (TPSA) is 102 Å². The van der Waals surface area contributed by atoms with E-state index in [2.05, 4.69) is 13.8 Å². The van der Waals surface area contributed by atoms with Crippen LogP contribution in [-0.2, 0) is 28.6 Å². The molecule has 0 radical (unpaired) electrons. The second-order valence-electron chi connectivity index (χ2n) is 13.7. The SMILES string of the molecule is CC(=O)O[C@@H]1C=CC(=O)[C@]23C4C(C[C@H]5O[C@]152)C1CCC([C@H](C)C2CC(C)=C(CO)C(=O)O2)[C@@]1(C)CCC[C@H]43. The van der Waals surface area contributed by atoms with E-state index in [0.717, 1.165) is 44.1 Å². The van der Waals surface area contributed by atoms with E-state index in [1.807, 2.05) is 6.92 Å². The van der Waals surface area contributed by atoms with Crippen molar-refractivity contribution in [2.45, 2.75) is 96.6 Å². The van der Waals surface area contributed by atoms with E-state index in [-0.39, 0.29) is 47.9 Å². The van der Waals surface area contributed by atoms with Gasteiger partial charge in [0.15, 0.2) is 11.9 Å². The Kier molecular flexibility index (Phi) is 5.29. The van der Waals surface area contributed by atoms with Crippen molar-refractivity contribution in [1.29, 1.82) is 0 Å². The molecule has 38 heavy (non-hydrogen) atoms. The molecule has 1 saturated heterocycles. The second-order valence-corrected chi connectivity index (χ2v) is 13.7. The van der Waals surface area contributed by atoms with Crippen LogP contribution in [0.25, 0.3) is 0 Å². The minimum Gasteiger partial charge on any atom is -0.458 e. The molecule has 0 aromatic rings. The summed E-state index contributed by atoms with van der Waals surface area (Å²) in [4.78, 5) is 38.2. The van der Waals surface area contributed by atoms with Gasteiger partial charge in [-0.25, -0.2) is 4.79 Å². The Balaban J connectivity index is 1.19. The lowest BCUT2D eigenvalue weighted by Gasteiger charge is -2.47. The molecule has 7 heteroatoms. The predicted octanol–water partition coefficient (Wildman–Crippen LogP) is 3.92. The Morgan fingerprint density at radius 1 is 1.24 bits per heavy atom. The fourth-order valence-electron chi connectivity index (χ4n) is 11.0. The highest BCUT2D eigenvalue weighted by Gasteiger charge is 2.92. The zero-order chi connectivity index (χ0) is 26.8. The molecule has 206 valence electrons. The summed E-state index contributed by atoms with van der Waals surface area (Å²) in [6, 6.07) is 0. The number of ketones is 1. The molecule has 2 spiro atoms. The summed E-state index contributed by atoms with van der Waals surface area (Å²) in [6.07, 6.45) is 9.83. The molecule has 2 heterocycles. The zero-order valence-corrected chi connectivity index (χ0v) is 22.9. The van der Waals surface area contributed by atoms with Crippen molar-refractivity contribution in [1.82, 2.24) is 0 Å². The first-order valence-corrected chi connectivity index (χ1v) is 14.7. The van der Waals surface area contributed by atoms with Gasteiger partial charge in [0.1, 0.15) is 11.7 Å². The normalized spacial score (nSPS) is 51.0. The second kappa shape index (κ2) is 8.03. The number of allylic oxidation sites excluding steroid dienone is 1. The maximum absolute atomic E-state index is 13.7. The summed E-state index contributed by atoms with van der Waals surface area (Å²) < 4.78 is 18.1. The standard InChI is InChI=1S/C31H40O7/c1-15-12-23(37-28(35)19(15)14-32)16(2)20-7-8-21-18-13-26-31(38-26)25(36-17(3)33)10-9-24(34)30(31)22(27(18)30)6-5-11-29(20,21)4/h9-10,16,18,20-23,25-27,32H,5-8,11-14H2,1-4H3/t16-,18?,20?,21?,22+,23?,25+,26+,27?,29+,30+,31+/m0/s1. The van der Waals surface area contributed by atoms with Crippen molar-refractivity contribution >= 4 is 17.7 Å². The van der Waals surface area contributed by atoms with Crippen LogP contribution in [0.15, 0.2) is 23.3 Å². The van der Waals surface area contributed by atoms with E-state index >= 15 is 0 Å². The van der Waals surface area contributed by atoms with Crippen LogP contribution >= 0.6 is 0 Å². The number of epoxide rings is 1. The molecular formula is C31H40O7. The van der Waals surface area contributed by atoms with Gasteiger partial charge in [0.25, 0.3) is 0 Å². The van der Waals surface area contributed by atoms with Crippen LogP contribution in [0.2, 0.25) is 0 Å². The van der Waals surface area contributed by atoms with Gasteiger partial charge in [0.05, 0.1) is 23.7 Å². The average Bonchev–Trinajstić information content (AvgIpc) is 3.71. The van der Waals surface area contributed by atoms with Gasteiger partial charge >= 0.3 is 11.9 Å². The van der Waals surface area contributed by atoms with E-state index in [1.165, 1.54) is 6.92 Å². The number of carbonyl (C=O) groups excluding carboxylic acids is 3. The highest BCUT2D eigenvalue weighted by atomic mass is 16.7. The fourth-order valence-corrected chi connectivity index (χ4v) is 11.0. The molecule has 0 amide bonds. The van der Waals surface area contributed by atoms with Gasteiger partial charge in [-0.05, 0) is 92.1 Å². The first kappa shape index (κ1) is 25.0. The van der Waals surface area contributed by atoms with Crippen LogP contribution in [-0.4, -0.2) is 53.3 Å². The number of fused-ring (bicyclic) bond motifs is 2. The predicted molar refractivity (Wildman–Crippen MR) is 136 cm³/mol. The molecule has 4 saturated carbocycles. The Labute approximate surface area is 224 Å². The number of ether oxygens (including phenoxy) is 3. The lowest BCUT2D eigenvalue weighted by Crippen LogP contribution is -2.53. The molecule has 0 aromatic carbocycles. The Hall–Kier alpha value is -1.99. The third-order valence-electron chi connectivity index (χ3n) is 12.5. The van der Waals surface area contributed by atoms with Crippen molar-refractivity contribution in [3.8, 4) is 0 Å². The number of carbonyl (C=O) groups is 3. The van der Waals surface area contributed by atoms with E-state index in [9.17, 15) is 19.5 Å². The number of hydrogen-bond donors (Lipinski definition) is 1. The van der Waals surface area contributed by atoms with Crippen molar-refractivity contribution in [3.05, 3.63) is 23.3 Å². The zero-order valence-electron chi connectivity index (χ0n) is 22.9. The van der Waals surface area contributed by atoms with Crippen molar-refractivity contribution in [3.63, 3.8) is 0 Å². The van der Waals surface area contributed by atoms with Crippen LogP contribution in [0, 0.1) is 46.3 Å². The van der Waals surface area contributed by atoms with Gasteiger partial charge in [-0.3, -0.25) is 9.59 Å². The van der Waals surface area contributed by atoms with Gasteiger partial charge in [-0.2, -0.15) is 0 Å². The summed E-state index contributed by atoms with van der Waals surface area (Å²) in [5.74, 6) is 1.67. The Morgan fingerprint density at radius 2 is 2.03 bits per heavy atom. The summed E-state index contributed by atoms with van der Waals surface area (Å²) >= 11 is 0. The molecule has 12 atom stereocenters. The van der Waals surface area contributed by atoms with E-state index in [4.69, 9.17) is 14.2 Å². The molecule has 0 bridgehead atoms. The number of esters is 2. The van der Waals surface area contributed by atoms with Crippen LogP contribution < -0.4 is 0 Å². The minimum absolute atomic E-state index is 0.0326. The molecule has 5 unspecified atom stereocenters. The fraction of sp³-hybridized carbons (Fsp3) is 0.774. The molecule has 5 aliphatic carbocycles. The quantitative estimate of drug-likeness (QED) is 0.439. The molecule has 7 aliphatic rings. The Morgan fingerprint density at radius 3 is 2.74 bits per heavy atom. The van der Waals surface area contributed by atoms with Gasteiger partial charge < -0.3 is 19.3 Å². The van der Waals surface area contributed by atoms with Crippen molar-refractivity contribution in [2.75, 3.05) is 6.61 Å². The highest BCUT2D eigenvalue weighted by molar-refractivity contribution is 6.01. The first-order valence-electron chi connectivity index (χ1n) is 14.7. The Bertz CT molecular complexity index is 1170. The molecule has 7 rings (SSSR count). The molecular weight excluding hydrogens is 484 g/mol. The average molecular weight is 525 g/mol. The van der Waals surface area contributed by atoms with Crippen LogP contribution in [0.3, 0.4) is 0 Å². The van der Waals surface area contributed by atoms with Crippen LogP contribution in [0.5, 0.6) is 0 Å². The van der Waals surface area contributed by atoms with E-state index in [0.29, 0.717) is 41.6 Å². The van der Waals surface area contributed by atoms with E-state index in [1.54, 1.807) is 12.2 Å². The summed E-state index contributed by atoms with van der Waals surface area (Å²) in [7, 11) is 0. The molecule has 5 fully saturated rings. The summed E-state index contributed by atoms with van der Waals surface area (Å²) in [5, 5.41) is 9.60. The number of aliphatic hydroxyl groups excluding tert-OH is 1. The maximum atomic E-state index is 13.7. The van der Waals surface area contributed by atoms with Crippen LogP contribution in [0.4, 0.5) is 0 Å². The highest BCUT2D eigenvalue weighted by Crippen LogP contribution is 2.84. The monoisotopic (exact) mass is 524 g/mol. The molecule has 2 aliphatic heterocycles. The molecule has 1 N–H and O–H groups in total. The lowest BCUT2D eigenvalue weighted by molar-refractivity contribution is -0.153. The first-order chi connectivity index (χ1) is 18.1. The number of hydrogen-bond acceptors (Lipinski definition) is 7. The van der Waals surface area contributed by atoms with Crippen LogP contribution in [0.1, 0.15) is 72.6 Å². The maximum Gasteiger partial charge on any atom is 0.336 e. The summed E-state index contributed by atoms with van der Waals surface area (Å²) in [6.45, 7) is 7.83.